The largest absolute Gasteiger partial charge is 0.481 e. The van der Waals surface area contributed by atoms with Crippen LogP contribution in [-0.2, 0) is 14.4 Å². The van der Waals surface area contributed by atoms with Crippen molar-refractivity contribution in [2.45, 2.75) is 109 Å². The molecule has 6 heteroatoms. The molecule has 3 N–H and O–H groups in total. The number of rotatable bonds is 18. The van der Waals surface area contributed by atoms with E-state index in [2.05, 4.69) is 6.42 Å². The van der Waals surface area contributed by atoms with E-state index in [1.54, 1.807) is 0 Å². The third-order valence-electron chi connectivity index (χ3n) is 6.25. The minimum absolute atomic E-state index is 0.256. The normalized spacial score (nSPS) is 21.4. The fourth-order valence-electron chi connectivity index (χ4n) is 4.76. The Balaban J connectivity index is 2.36. The molecule has 0 aromatic carbocycles. The highest BCUT2D eigenvalue weighted by Gasteiger charge is 2.28. The lowest BCUT2D eigenvalue weighted by atomic mass is 9.70. The highest BCUT2D eigenvalue weighted by atomic mass is 16.4. The van der Waals surface area contributed by atoms with E-state index in [9.17, 15) is 14.4 Å². The number of aliphatic carboxylic acids is 3. The molecule has 0 saturated heterocycles. The van der Waals surface area contributed by atoms with Gasteiger partial charge in [0.15, 0.2) is 0 Å². The molecule has 0 aliphatic heterocycles. The van der Waals surface area contributed by atoms with E-state index in [-0.39, 0.29) is 19.3 Å². The molecule has 1 aliphatic carbocycles. The summed E-state index contributed by atoms with van der Waals surface area (Å²) in [6.07, 6.45) is 17.5. The average molecular weight is 426 g/mol. The van der Waals surface area contributed by atoms with Crippen LogP contribution in [0.4, 0.5) is 0 Å². The van der Waals surface area contributed by atoms with Crippen molar-refractivity contribution in [3.8, 4) is 0 Å². The summed E-state index contributed by atoms with van der Waals surface area (Å²) in [5, 5.41) is 26.3. The van der Waals surface area contributed by atoms with E-state index in [4.69, 9.17) is 15.3 Å². The molecule has 6 nitrogen and oxygen atoms in total. The van der Waals surface area contributed by atoms with Gasteiger partial charge in [0.25, 0.3) is 0 Å². The van der Waals surface area contributed by atoms with E-state index in [1.165, 1.54) is 19.3 Å². The summed E-state index contributed by atoms with van der Waals surface area (Å²) in [6.45, 7) is 0. The molecule has 2 unspecified atom stereocenters. The molecular weight excluding hydrogens is 384 g/mol. The monoisotopic (exact) mass is 425 g/mol. The summed E-state index contributed by atoms with van der Waals surface area (Å²) in [7, 11) is 0. The topological polar surface area (TPSA) is 112 Å². The van der Waals surface area contributed by atoms with E-state index >= 15 is 0 Å². The molecule has 0 heterocycles. The number of hydrogen-bond acceptors (Lipinski definition) is 3. The van der Waals surface area contributed by atoms with Crippen LogP contribution in [0.2, 0.25) is 0 Å². The van der Waals surface area contributed by atoms with E-state index in [1.807, 2.05) is 0 Å². The van der Waals surface area contributed by atoms with Crippen LogP contribution in [-0.4, -0.2) is 33.2 Å². The summed E-state index contributed by atoms with van der Waals surface area (Å²) in [5.74, 6) is -0.274. The van der Waals surface area contributed by atoms with Gasteiger partial charge in [-0.15, -0.1) is 0 Å². The van der Waals surface area contributed by atoms with Crippen molar-refractivity contribution in [3.05, 3.63) is 6.42 Å². The van der Waals surface area contributed by atoms with Gasteiger partial charge < -0.3 is 15.3 Å². The number of carbonyl (C=O) groups is 3. The lowest BCUT2D eigenvalue weighted by Crippen LogP contribution is -2.24. The van der Waals surface area contributed by atoms with Crippen molar-refractivity contribution >= 4 is 17.9 Å². The van der Waals surface area contributed by atoms with Crippen LogP contribution < -0.4 is 0 Å². The molecule has 0 aromatic rings. The van der Waals surface area contributed by atoms with Gasteiger partial charge in [-0.3, -0.25) is 14.4 Å². The zero-order valence-corrected chi connectivity index (χ0v) is 18.4. The van der Waals surface area contributed by atoms with Gasteiger partial charge in [-0.05, 0) is 56.3 Å². The van der Waals surface area contributed by atoms with E-state index < -0.39 is 17.9 Å². The molecule has 1 aliphatic rings. The van der Waals surface area contributed by atoms with Crippen LogP contribution in [0.15, 0.2) is 0 Å². The summed E-state index contributed by atoms with van der Waals surface area (Å²) < 4.78 is 0. The maximum Gasteiger partial charge on any atom is 0.303 e. The zero-order chi connectivity index (χ0) is 22.2. The van der Waals surface area contributed by atoms with Crippen molar-refractivity contribution < 1.29 is 29.7 Å². The molecule has 1 rings (SSSR count). The summed E-state index contributed by atoms with van der Waals surface area (Å²) in [4.78, 5) is 31.9. The van der Waals surface area contributed by atoms with Crippen molar-refractivity contribution in [2.75, 3.05) is 0 Å². The Morgan fingerprint density at radius 2 is 0.933 bits per heavy atom. The van der Waals surface area contributed by atoms with Crippen molar-refractivity contribution in [3.63, 3.8) is 0 Å². The van der Waals surface area contributed by atoms with Gasteiger partial charge in [0.05, 0.1) is 0 Å². The third-order valence-corrected chi connectivity index (χ3v) is 6.25. The molecule has 0 aromatic heterocycles. The van der Waals surface area contributed by atoms with Crippen molar-refractivity contribution in [1.82, 2.24) is 0 Å². The van der Waals surface area contributed by atoms with Gasteiger partial charge in [0.1, 0.15) is 0 Å². The summed E-state index contributed by atoms with van der Waals surface area (Å²) in [5.41, 5.74) is 0. The molecule has 1 radical (unpaired) electrons. The number of carboxylic acid groups (broad SMARTS) is 3. The Kier molecular flexibility index (Phi) is 14.2. The minimum atomic E-state index is -0.717. The maximum atomic E-state index is 10.6. The van der Waals surface area contributed by atoms with Gasteiger partial charge in [-0.1, -0.05) is 57.8 Å². The predicted octanol–water partition coefficient (Wildman–Crippen LogP) is 5.94. The second-order valence-electron chi connectivity index (χ2n) is 9.03. The lowest BCUT2D eigenvalue weighted by Gasteiger charge is -2.35. The van der Waals surface area contributed by atoms with Crippen LogP contribution in [0.1, 0.15) is 109 Å². The highest BCUT2D eigenvalue weighted by Crippen LogP contribution is 2.40. The quantitative estimate of drug-likeness (QED) is 0.234. The maximum absolute atomic E-state index is 10.6. The van der Waals surface area contributed by atoms with Crippen LogP contribution in [0.3, 0.4) is 0 Å². The first kappa shape index (κ1) is 26.4. The Hall–Kier alpha value is -1.59. The Morgan fingerprint density at radius 1 is 0.567 bits per heavy atom. The number of carboxylic acids is 3. The minimum Gasteiger partial charge on any atom is -0.481 e. The van der Waals surface area contributed by atoms with Gasteiger partial charge in [0, 0.05) is 19.3 Å². The molecule has 0 bridgehead atoms. The molecule has 1 fully saturated rings. The summed E-state index contributed by atoms with van der Waals surface area (Å²) in [6, 6.07) is 0. The van der Waals surface area contributed by atoms with Gasteiger partial charge in [0.2, 0.25) is 0 Å². The smallest absolute Gasteiger partial charge is 0.303 e. The van der Waals surface area contributed by atoms with Crippen molar-refractivity contribution in [1.29, 1.82) is 0 Å². The summed E-state index contributed by atoms with van der Waals surface area (Å²) >= 11 is 0. The fourth-order valence-corrected chi connectivity index (χ4v) is 4.76. The molecule has 0 amide bonds. The van der Waals surface area contributed by atoms with Gasteiger partial charge in [-0.25, -0.2) is 0 Å². The molecule has 1 saturated carbocycles. The second kappa shape index (κ2) is 16.1. The molecule has 0 spiro atoms. The first-order valence-electron chi connectivity index (χ1n) is 11.9. The van der Waals surface area contributed by atoms with Crippen LogP contribution >= 0.6 is 0 Å². The van der Waals surface area contributed by atoms with Crippen LogP contribution in [0, 0.1) is 24.2 Å². The molecular formula is C24H41O6. The fraction of sp³-hybridized carbons (Fsp3) is 0.833. The van der Waals surface area contributed by atoms with Crippen molar-refractivity contribution in [2.24, 2.45) is 17.8 Å². The van der Waals surface area contributed by atoms with Crippen LogP contribution in [0.25, 0.3) is 0 Å². The Bertz CT molecular complexity index is 427. The molecule has 30 heavy (non-hydrogen) atoms. The zero-order valence-electron chi connectivity index (χ0n) is 18.4. The highest BCUT2D eigenvalue weighted by molar-refractivity contribution is 5.67. The van der Waals surface area contributed by atoms with E-state index in [0.717, 1.165) is 70.6 Å². The van der Waals surface area contributed by atoms with E-state index in [0.29, 0.717) is 17.8 Å². The second-order valence-corrected chi connectivity index (χ2v) is 9.03. The van der Waals surface area contributed by atoms with Gasteiger partial charge in [-0.2, -0.15) is 0 Å². The lowest BCUT2D eigenvalue weighted by molar-refractivity contribution is -0.138. The average Bonchev–Trinajstić information content (AvgIpc) is 2.66. The Labute approximate surface area is 181 Å². The number of unbranched alkanes of at least 4 members (excludes halogenated alkanes) is 6. The third kappa shape index (κ3) is 14.4. The standard InChI is InChI=1S/C24H41O6/c25-22(26)13-7-1-4-10-19-16-20(11-5-2-8-14-23(27)28)18-21(17-19)12-6-3-9-15-24(29)30/h16,19-21H,1-15,17-18H2,(H,25,26)(H,27,28)(H,29,30). The SMILES string of the molecule is O=C(O)CCCCCC1[CH]C(CCCCCC(=O)O)CC(CCCCCC(=O)O)C1. The Morgan fingerprint density at radius 3 is 1.30 bits per heavy atom. The molecule has 173 valence electrons. The number of hydrogen-bond donors (Lipinski definition) is 3. The van der Waals surface area contributed by atoms with Gasteiger partial charge >= 0.3 is 17.9 Å². The predicted molar refractivity (Wildman–Crippen MR) is 116 cm³/mol. The van der Waals surface area contributed by atoms with Crippen LogP contribution in [0.5, 0.6) is 0 Å². The first-order valence-corrected chi connectivity index (χ1v) is 11.9. The first-order chi connectivity index (χ1) is 14.4. The molecule has 2 atom stereocenters.